The Morgan fingerprint density at radius 1 is 1.43 bits per heavy atom. The molecule has 0 bridgehead atoms. The van der Waals surface area contributed by atoms with Crippen molar-refractivity contribution < 1.29 is 4.74 Å². The minimum atomic E-state index is 0.718. The number of rotatable bonds is 3. The van der Waals surface area contributed by atoms with E-state index in [9.17, 15) is 0 Å². The molecule has 2 rings (SSSR count). The van der Waals surface area contributed by atoms with E-state index in [1.165, 1.54) is 17.7 Å². The predicted molar refractivity (Wildman–Crippen MR) is 58.2 cm³/mol. The van der Waals surface area contributed by atoms with Gasteiger partial charge >= 0.3 is 0 Å². The minimum Gasteiger partial charge on any atom is -0.494 e. The van der Waals surface area contributed by atoms with E-state index in [0.29, 0.717) is 0 Å². The van der Waals surface area contributed by atoms with Gasteiger partial charge < -0.3 is 4.74 Å². The van der Waals surface area contributed by atoms with Crippen LogP contribution in [-0.2, 0) is 0 Å². The Labute approximate surface area is 84.6 Å². The molecule has 1 aliphatic heterocycles. The van der Waals surface area contributed by atoms with E-state index in [2.05, 4.69) is 17.1 Å². The standard InChI is InChI=1S/C12H15NO/c1-2-14-11-6-3-5-10(9-11)12-7-4-8-13-12/h3,5-6,9H,2,4,7-8H2,1H3. The van der Waals surface area contributed by atoms with Crippen molar-refractivity contribution in [1.29, 1.82) is 0 Å². The molecular weight excluding hydrogens is 174 g/mol. The second-order valence-electron chi connectivity index (χ2n) is 3.39. The molecule has 0 N–H and O–H groups in total. The number of aliphatic imine (C=N–C) groups is 1. The summed E-state index contributed by atoms with van der Waals surface area (Å²) in [5.41, 5.74) is 2.44. The second-order valence-corrected chi connectivity index (χ2v) is 3.39. The third-order valence-corrected chi connectivity index (χ3v) is 2.35. The Morgan fingerprint density at radius 2 is 2.36 bits per heavy atom. The molecule has 1 aromatic carbocycles. The average molecular weight is 189 g/mol. The van der Waals surface area contributed by atoms with Crippen LogP contribution in [0.25, 0.3) is 0 Å². The van der Waals surface area contributed by atoms with Gasteiger partial charge in [-0.1, -0.05) is 12.1 Å². The van der Waals surface area contributed by atoms with E-state index in [1.807, 2.05) is 19.1 Å². The third kappa shape index (κ3) is 1.95. The van der Waals surface area contributed by atoms with Crippen LogP contribution in [0.1, 0.15) is 25.3 Å². The fraction of sp³-hybridized carbons (Fsp3) is 0.417. The van der Waals surface area contributed by atoms with E-state index in [0.717, 1.165) is 25.3 Å². The zero-order valence-electron chi connectivity index (χ0n) is 8.49. The smallest absolute Gasteiger partial charge is 0.119 e. The first-order chi connectivity index (χ1) is 6.90. The van der Waals surface area contributed by atoms with Crippen LogP contribution in [0.3, 0.4) is 0 Å². The lowest BCUT2D eigenvalue weighted by Crippen LogP contribution is -1.97. The maximum Gasteiger partial charge on any atom is 0.119 e. The summed E-state index contributed by atoms with van der Waals surface area (Å²) in [4.78, 5) is 4.47. The second kappa shape index (κ2) is 4.27. The molecule has 0 saturated heterocycles. The maximum atomic E-state index is 5.45. The first-order valence-corrected chi connectivity index (χ1v) is 5.16. The quantitative estimate of drug-likeness (QED) is 0.716. The molecule has 1 aliphatic rings. The zero-order chi connectivity index (χ0) is 9.80. The monoisotopic (exact) mass is 189 g/mol. The Hall–Kier alpha value is -1.31. The summed E-state index contributed by atoms with van der Waals surface area (Å²) in [5, 5.41) is 0. The van der Waals surface area contributed by atoms with Crippen LogP contribution in [0.4, 0.5) is 0 Å². The van der Waals surface area contributed by atoms with Gasteiger partial charge in [-0.15, -0.1) is 0 Å². The van der Waals surface area contributed by atoms with E-state index in [4.69, 9.17) is 4.74 Å². The fourth-order valence-electron chi connectivity index (χ4n) is 1.71. The van der Waals surface area contributed by atoms with Gasteiger partial charge in [-0.05, 0) is 37.5 Å². The number of nitrogens with zero attached hydrogens (tertiary/aromatic N) is 1. The van der Waals surface area contributed by atoms with Gasteiger partial charge in [0.05, 0.1) is 6.61 Å². The molecule has 0 atom stereocenters. The third-order valence-electron chi connectivity index (χ3n) is 2.35. The van der Waals surface area contributed by atoms with Crippen molar-refractivity contribution in [3.63, 3.8) is 0 Å². The molecular formula is C12H15NO. The first-order valence-electron chi connectivity index (χ1n) is 5.16. The lowest BCUT2D eigenvalue weighted by molar-refractivity contribution is 0.340. The van der Waals surface area contributed by atoms with Gasteiger partial charge in [0, 0.05) is 12.3 Å². The SMILES string of the molecule is CCOc1cccc(C2=NCCC2)c1. The summed E-state index contributed by atoms with van der Waals surface area (Å²) in [6.45, 7) is 3.70. The number of benzene rings is 1. The van der Waals surface area contributed by atoms with Crippen LogP contribution in [0.2, 0.25) is 0 Å². The summed E-state index contributed by atoms with van der Waals surface area (Å²) in [6.07, 6.45) is 2.30. The molecule has 0 amide bonds. The van der Waals surface area contributed by atoms with Crippen LogP contribution in [0.15, 0.2) is 29.3 Å². The highest BCUT2D eigenvalue weighted by atomic mass is 16.5. The zero-order valence-corrected chi connectivity index (χ0v) is 8.49. The van der Waals surface area contributed by atoms with Crippen LogP contribution >= 0.6 is 0 Å². The lowest BCUT2D eigenvalue weighted by atomic mass is 10.1. The van der Waals surface area contributed by atoms with Crippen molar-refractivity contribution in [3.05, 3.63) is 29.8 Å². The van der Waals surface area contributed by atoms with E-state index >= 15 is 0 Å². The molecule has 1 aromatic rings. The van der Waals surface area contributed by atoms with E-state index in [-0.39, 0.29) is 0 Å². The van der Waals surface area contributed by atoms with Crippen molar-refractivity contribution in [2.75, 3.05) is 13.2 Å². The fourth-order valence-corrected chi connectivity index (χ4v) is 1.71. The van der Waals surface area contributed by atoms with Crippen molar-refractivity contribution in [1.82, 2.24) is 0 Å². The van der Waals surface area contributed by atoms with Crippen LogP contribution in [-0.4, -0.2) is 18.9 Å². The van der Waals surface area contributed by atoms with Crippen LogP contribution < -0.4 is 4.74 Å². The highest BCUT2D eigenvalue weighted by Crippen LogP contribution is 2.18. The number of ether oxygens (including phenoxy) is 1. The van der Waals surface area contributed by atoms with Gasteiger partial charge in [-0.2, -0.15) is 0 Å². The Morgan fingerprint density at radius 3 is 3.07 bits per heavy atom. The summed E-state index contributed by atoms with van der Waals surface area (Å²) >= 11 is 0. The van der Waals surface area contributed by atoms with Crippen molar-refractivity contribution in [2.24, 2.45) is 4.99 Å². The van der Waals surface area contributed by atoms with E-state index in [1.54, 1.807) is 0 Å². The molecule has 0 fully saturated rings. The summed E-state index contributed by atoms with van der Waals surface area (Å²) in [7, 11) is 0. The Kier molecular flexibility index (Phi) is 2.82. The molecule has 2 nitrogen and oxygen atoms in total. The molecule has 0 radical (unpaired) electrons. The van der Waals surface area contributed by atoms with Gasteiger partial charge in [0.2, 0.25) is 0 Å². The van der Waals surface area contributed by atoms with Gasteiger partial charge in [0.1, 0.15) is 5.75 Å². The van der Waals surface area contributed by atoms with Crippen molar-refractivity contribution in [2.45, 2.75) is 19.8 Å². The van der Waals surface area contributed by atoms with Gasteiger partial charge in [0.25, 0.3) is 0 Å². The topological polar surface area (TPSA) is 21.6 Å². The summed E-state index contributed by atoms with van der Waals surface area (Å²) in [5.74, 6) is 0.944. The highest BCUT2D eigenvalue weighted by molar-refractivity contribution is 6.01. The molecule has 0 spiro atoms. The van der Waals surface area contributed by atoms with Crippen molar-refractivity contribution >= 4 is 5.71 Å². The highest BCUT2D eigenvalue weighted by Gasteiger charge is 2.08. The minimum absolute atomic E-state index is 0.718. The molecule has 0 saturated carbocycles. The Balaban J connectivity index is 2.21. The maximum absolute atomic E-state index is 5.45. The van der Waals surface area contributed by atoms with Gasteiger partial charge in [-0.25, -0.2) is 0 Å². The van der Waals surface area contributed by atoms with Crippen molar-refractivity contribution in [3.8, 4) is 5.75 Å². The van der Waals surface area contributed by atoms with Crippen LogP contribution in [0.5, 0.6) is 5.75 Å². The Bertz CT molecular complexity index is 344. The summed E-state index contributed by atoms with van der Waals surface area (Å²) in [6, 6.07) is 8.20. The molecule has 14 heavy (non-hydrogen) atoms. The molecule has 1 heterocycles. The molecule has 0 aliphatic carbocycles. The summed E-state index contributed by atoms with van der Waals surface area (Å²) < 4.78 is 5.45. The number of hydrogen-bond donors (Lipinski definition) is 0. The molecule has 0 unspecified atom stereocenters. The van der Waals surface area contributed by atoms with Crippen LogP contribution in [0, 0.1) is 0 Å². The molecule has 0 aromatic heterocycles. The lowest BCUT2D eigenvalue weighted by Gasteiger charge is -2.05. The normalized spacial score (nSPS) is 15.4. The molecule has 74 valence electrons. The predicted octanol–water partition coefficient (Wildman–Crippen LogP) is 2.67. The average Bonchev–Trinajstić information content (AvgIpc) is 2.71. The van der Waals surface area contributed by atoms with E-state index < -0.39 is 0 Å². The molecule has 2 heteroatoms. The van der Waals surface area contributed by atoms with Gasteiger partial charge in [0.15, 0.2) is 0 Å². The largest absolute Gasteiger partial charge is 0.494 e. The number of hydrogen-bond acceptors (Lipinski definition) is 2. The first kappa shape index (κ1) is 9.25. The van der Waals surface area contributed by atoms with Gasteiger partial charge in [-0.3, -0.25) is 4.99 Å².